The number of hydrogen-bond acceptors (Lipinski definition) is 4. The molecule has 1 aromatic carbocycles. The van der Waals surface area contributed by atoms with Crippen molar-refractivity contribution in [2.45, 2.75) is 32.1 Å². The van der Waals surface area contributed by atoms with Gasteiger partial charge in [-0.3, -0.25) is 0 Å². The Labute approximate surface area is 110 Å². The molecular formula is C14H14FN3O. The van der Waals surface area contributed by atoms with Gasteiger partial charge in [0.2, 0.25) is 5.89 Å². The number of rotatable bonds is 5. The van der Waals surface area contributed by atoms with E-state index in [0.29, 0.717) is 31.0 Å². The Balaban J connectivity index is 2.03. The van der Waals surface area contributed by atoms with Crippen LogP contribution in [-0.2, 0) is 6.42 Å². The molecule has 0 aliphatic rings. The second-order valence-corrected chi connectivity index (χ2v) is 4.45. The van der Waals surface area contributed by atoms with Crippen molar-refractivity contribution in [1.29, 1.82) is 5.26 Å². The number of aromatic nitrogens is 2. The highest BCUT2D eigenvalue weighted by atomic mass is 19.1. The van der Waals surface area contributed by atoms with E-state index >= 15 is 0 Å². The third-order valence-electron chi connectivity index (χ3n) is 2.85. The monoisotopic (exact) mass is 259 g/mol. The van der Waals surface area contributed by atoms with Crippen LogP contribution in [0.15, 0.2) is 28.8 Å². The molecule has 0 spiro atoms. The number of hydrogen-bond donors (Lipinski definition) is 0. The van der Waals surface area contributed by atoms with Crippen LogP contribution in [0.25, 0.3) is 0 Å². The number of halogens is 1. The van der Waals surface area contributed by atoms with E-state index in [9.17, 15) is 4.39 Å². The van der Waals surface area contributed by atoms with E-state index in [-0.39, 0.29) is 11.7 Å². The van der Waals surface area contributed by atoms with Gasteiger partial charge in [0, 0.05) is 18.8 Å². The topological polar surface area (TPSA) is 62.7 Å². The van der Waals surface area contributed by atoms with Gasteiger partial charge in [-0.1, -0.05) is 24.2 Å². The molecule has 0 aliphatic carbocycles. The van der Waals surface area contributed by atoms with Crippen molar-refractivity contribution in [3.05, 3.63) is 47.4 Å². The fourth-order valence-corrected chi connectivity index (χ4v) is 1.77. The fourth-order valence-electron chi connectivity index (χ4n) is 1.77. The molecule has 2 aromatic rings. The zero-order valence-corrected chi connectivity index (χ0v) is 10.6. The minimum absolute atomic E-state index is 0.0633. The third-order valence-corrected chi connectivity index (χ3v) is 2.85. The van der Waals surface area contributed by atoms with Gasteiger partial charge in [0.1, 0.15) is 5.82 Å². The molecule has 98 valence electrons. The first kappa shape index (κ1) is 13.2. The maximum Gasteiger partial charge on any atom is 0.229 e. The lowest BCUT2D eigenvalue weighted by molar-refractivity contribution is 0.351. The first-order chi connectivity index (χ1) is 9.19. The molecule has 2 rings (SSSR count). The summed E-state index contributed by atoms with van der Waals surface area (Å²) in [6.45, 7) is 1.94. The maximum atomic E-state index is 13.0. The zero-order chi connectivity index (χ0) is 13.7. The summed E-state index contributed by atoms with van der Waals surface area (Å²) in [5, 5.41) is 12.4. The minimum atomic E-state index is -0.274. The zero-order valence-electron chi connectivity index (χ0n) is 10.6. The van der Waals surface area contributed by atoms with Gasteiger partial charge in [0.15, 0.2) is 5.82 Å². The summed E-state index contributed by atoms with van der Waals surface area (Å²) in [5.74, 6) is 0.850. The van der Waals surface area contributed by atoms with Gasteiger partial charge in [0.05, 0.1) is 6.07 Å². The Hall–Kier alpha value is -2.22. The smallest absolute Gasteiger partial charge is 0.229 e. The molecule has 0 amide bonds. The summed E-state index contributed by atoms with van der Waals surface area (Å²) in [7, 11) is 0. The highest BCUT2D eigenvalue weighted by Gasteiger charge is 2.14. The summed E-state index contributed by atoms with van der Waals surface area (Å²) in [5.41, 5.74) is 0.803. The summed E-state index contributed by atoms with van der Waals surface area (Å²) < 4.78 is 18.2. The highest BCUT2D eigenvalue weighted by Crippen LogP contribution is 2.19. The Morgan fingerprint density at radius 1 is 1.47 bits per heavy atom. The SMILES string of the molecule is CC(CCC#N)c1nc(Cc2cccc(F)c2)no1. The van der Waals surface area contributed by atoms with E-state index in [1.807, 2.05) is 13.0 Å². The van der Waals surface area contributed by atoms with Crippen LogP contribution < -0.4 is 0 Å². The molecule has 1 aromatic heterocycles. The Morgan fingerprint density at radius 3 is 3.05 bits per heavy atom. The number of nitrogens with zero attached hydrogens (tertiary/aromatic N) is 3. The van der Waals surface area contributed by atoms with Crippen LogP contribution in [0.5, 0.6) is 0 Å². The minimum Gasteiger partial charge on any atom is -0.339 e. The average Bonchev–Trinajstić information content (AvgIpc) is 2.84. The standard InChI is InChI=1S/C14H14FN3O/c1-10(4-3-7-16)14-17-13(18-19-14)9-11-5-2-6-12(15)8-11/h2,5-6,8,10H,3-4,9H2,1H3. The fraction of sp³-hybridized carbons (Fsp3) is 0.357. The predicted molar refractivity (Wildman–Crippen MR) is 66.8 cm³/mol. The van der Waals surface area contributed by atoms with Crippen LogP contribution in [-0.4, -0.2) is 10.1 Å². The summed E-state index contributed by atoms with van der Waals surface area (Å²) in [6.07, 6.45) is 1.59. The second kappa shape index (κ2) is 6.10. The maximum absolute atomic E-state index is 13.0. The molecule has 0 aliphatic heterocycles. The highest BCUT2D eigenvalue weighted by molar-refractivity contribution is 5.19. The van der Waals surface area contributed by atoms with Crippen molar-refractivity contribution in [3.8, 4) is 6.07 Å². The first-order valence-corrected chi connectivity index (χ1v) is 6.13. The van der Waals surface area contributed by atoms with Crippen molar-refractivity contribution < 1.29 is 8.91 Å². The molecule has 4 nitrogen and oxygen atoms in total. The van der Waals surface area contributed by atoms with Crippen LogP contribution in [0.4, 0.5) is 4.39 Å². The molecule has 0 bridgehead atoms. The van der Waals surface area contributed by atoms with Gasteiger partial charge in [-0.15, -0.1) is 0 Å². The van der Waals surface area contributed by atoms with E-state index < -0.39 is 0 Å². The number of nitriles is 1. The van der Waals surface area contributed by atoms with Crippen LogP contribution in [0.2, 0.25) is 0 Å². The molecule has 1 unspecified atom stereocenters. The molecule has 0 radical (unpaired) electrons. The summed E-state index contributed by atoms with van der Waals surface area (Å²) >= 11 is 0. The summed E-state index contributed by atoms with van der Waals surface area (Å²) in [4.78, 5) is 4.28. The van der Waals surface area contributed by atoms with Crippen molar-refractivity contribution >= 4 is 0 Å². The van der Waals surface area contributed by atoms with Crippen molar-refractivity contribution in [1.82, 2.24) is 10.1 Å². The molecule has 0 fully saturated rings. The normalized spacial score (nSPS) is 12.1. The largest absolute Gasteiger partial charge is 0.339 e. The van der Waals surface area contributed by atoms with E-state index in [4.69, 9.17) is 9.78 Å². The van der Waals surface area contributed by atoms with Crippen molar-refractivity contribution in [3.63, 3.8) is 0 Å². The van der Waals surface area contributed by atoms with E-state index in [1.54, 1.807) is 6.07 Å². The van der Waals surface area contributed by atoms with Gasteiger partial charge < -0.3 is 4.52 Å². The number of benzene rings is 1. The molecule has 0 saturated heterocycles. The van der Waals surface area contributed by atoms with Crippen molar-refractivity contribution in [2.75, 3.05) is 0 Å². The lowest BCUT2D eigenvalue weighted by Crippen LogP contribution is -1.95. The van der Waals surface area contributed by atoms with Gasteiger partial charge in [-0.05, 0) is 24.1 Å². The van der Waals surface area contributed by atoms with Crippen LogP contribution in [0.3, 0.4) is 0 Å². The molecule has 1 heterocycles. The Bertz CT molecular complexity index is 588. The Kier molecular flexibility index (Phi) is 4.24. The van der Waals surface area contributed by atoms with Gasteiger partial charge in [-0.25, -0.2) is 4.39 Å². The first-order valence-electron chi connectivity index (χ1n) is 6.13. The van der Waals surface area contributed by atoms with Gasteiger partial charge in [0.25, 0.3) is 0 Å². The molecular weight excluding hydrogens is 245 g/mol. The van der Waals surface area contributed by atoms with E-state index in [2.05, 4.69) is 16.2 Å². The van der Waals surface area contributed by atoms with Gasteiger partial charge >= 0.3 is 0 Å². The van der Waals surface area contributed by atoms with E-state index in [1.165, 1.54) is 12.1 Å². The predicted octanol–water partition coefficient (Wildman–Crippen LogP) is 3.21. The molecule has 19 heavy (non-hydrogen) atoms. The third kappa shape index (κ3) is 3.62. The lowest BCUT2D eigenvalue weighted by atomic mass is 10.1. The van der Waals surface area contributed by atoms with Crippen LogP contribution in [0, 0.1) is 17.1 Å². The molecule has 1 atom stereocenters. The second-order valence-electron chi connectivity index (χ2n) is 4.45. The van der Waals surface area contributed by atoms with Crippen LogP contribution in [0.1, 0.15) is 43.0 Å². The molecule has 0 saturated carbocycles. The quantitative estimate of drug-likeness (QED) is 0.827. The van der Waals surface area contributed by atoms with Gasteiger partial charge in [-0.2, -0.15) is 10.2 Å². The Morgan fingerprint density at radius 2 is 2.32 bits per heavy atom. The van der Waals surface area contributed by atoms with E-state index in [0.717, 1.165) is 5.56 Å². The summed E-state index contributed by atoms with van der Waals surface area (Å²) in [6, 6.07) is 8.41. The average molecular weight is 259 g/mol. The molecule has 0 N–H and O–H groups in total. The molecule has 5 heteroatoms. The lowest BCUT2D eigenvalue weighted by Gasteiger charge is -2.00. The van der Waals surface area contributed by atoms with Crippen LogP contribution >= 0.6 is 0 Å². The van der Waals surface area contributed by atoms with Crippen molar-refractivity contribution in [2.24, 2.45) is 0 Å².